The van der Waals surface area contributed by atoms with Gasteiger partial charge in [-0.15, -0.1) is 0 Å². The van der Waals surface area contributed by atoms with Crippen LogP contribution in [0.3, 0.4) is 0 Å². The normalized spacial score (nSPS) is 12.6. The molecule has 8 rings (SSSR count). The molecule has 2 aliphatic heterocycles. The summed E-state index contributed by atoms with van der Waals surface area (Å²) in [5.74, 6) is 0. The standard InChI is InChI=1S/C37H26N2/c1-25-21-22-33-32(23-25)30-16-6-5-15-29(30)31-17-10-20-36-37(31)39(33)35-19-8-7-18-34(35)38(36)28-14-9-13-27(24-28)26-11-3-2-4-12-26/h2-24H,1H3. The van der Waals surface area contributed by atoms with Crippen LogP contribution in [0.4, 0.5) is 34.1 Å². The van der Waals surface area contributed by atoms with Crippen molar-refractivity contribution in [3.63, 3.8) is 0 Å². The van der Waals surface area contributed by atoms with Crippen molar-refractivity contribution in [3.8, 4) is 33.4 Å². The van der Waals surface area contributed by atoms with Crippen LogP contribution in [-0.2, 0) is 0 Å². The molecule has 0 aliphatic carbocycles. The van der Waals surface area contributed by atoms with Crippen LogP contribution in [-0.4, -0.2) is 0 Å². The van der Waals surface area contributed by atoms with E-state index < -0.39 is 0 Å². The predicted molar refractivity (Wildman–Crippen MR) is 164 cm³/mol. The van der Waals surface area contributed by atoms with E-state index in [1.165, 1.54) is 67.4 Å². The molecule has 0 saturated carbocycles. The third-order valence-corrected chi connectivity index (χ3v) is 7.95. The van der Waals surface area contributed by atoms with Gasteiger partial charge in [0.15, 0.2) is 0 Å². The van der Waals surface area contributed by atoms with Gasteiger partial charge < -0.3 is 9.80 Å². The quantitative estimate of drug-likeness (QED) is 0.234. The molecule has 0 atom stereocenters. The summed E-state index contributed by atoms with van der Waals surface area (Å²) in [5.41, 5.74) is 15.9. The molecule has 0 fully saturated rings. The van der Waals surface area contributed by atoms with Gasteiger partial charge in [0.2, 0.25) is 0 Å². The third-order valence-electron chi connectivity index (χ3n) is 7.95. The fourth-order valence-electron chi connectivity index (χ4n) is 6.25. The topological polar surface area (TPSA) is 6.48 Å². The Hall–Kier alpha value is -5.08. The predicted octanol–water partition coefficient (Wildman–Crippen LogP) is 10.6. The fourth-order valence-corrected chi connectivity index (χ4v) is 6.25. The lowest BCUT2D eigenvalue weighted by Crippen LogP contribution is -2.24. The smallest absolute Gasteiger partial charge is 0.0782 e. The number of aryl methyl sites for hydroxylation is 1. The third kappa shape index (κ3) is 3.28. The molecule has 6 aromatic carbocycles. The molecule has 0 radical (unpaired) electrons. The molecule has 2 heteroatoms. The number of anilines is 6. The highest BCUT2D eigenvalue weighted by Gasteiger charge is 2.35. The first-order chi connectivity index (χ1) is 19.3. The number of benzene rings is 6. The Bertz CT molecular complexity index is 1890. The van der Waals surface area contributed by atoms with Gasteiger partial charge in [-0.25, -0.2) is 0 Å². The first-order valence-electron chi connectivity index (χ1n) is 13.5. The molecule has 0 N–H and O–H groups in total. The van der Waals surface area contributed by atoms with E-state index >= 15 is 0 Å². The maximum atomic E-state index is 2.48. The second kappa shape index (κ2) is 8.47. The average molecular weight is 499 g/mol. The van der Waals surface area contributed by atoms with E-state index in [4.69, 9.17) is 0 Å². The van der Waals surface area contributed by atoms with Crippen molar-refractivity contribution in [3.05, 3.63) is 145 Å². The van der Waals surface area contributed by atoms with E-state index in [-0.39, 0.29) is 0 Å². The fraction of sp³-hybridized carbons (Fsp3) is 0.0270. The van der Waals surface area contributed by atoms with Gasteiger partial charge in [-0.05, 0) is 71.6 Å². The average Bonchev–Trinajstić information content (AvgIpc) is 3.12. The van der Waals surface area contributed by atoms with Crippen LogP contribution < -0.4 is 9.80 Å². The van der Waals surface area contributed by atoms with Gasteiger partial charge in [0.1, 0.15) is 0 Å². The van der Waals surface area contributed by atoms with Gasteiger partial charge in [0.25, 0.3) is 0 Å². The van der Waals surface area contributed by atoms with Crippen molar-refractivity contribution in [2.45, 2.75) is 6.92 Å². The first-order valence-corrected chi connectivity index (χ1v) is 13.5. The Kier molecular flexibility index (Phi) is 4.77. The van der Waals surface area contributed by atoms with E-state index in [0.717, 1.165) is 5.69 Å². The number of rotatable bonds is 2. The van der Waals surface area contributed by atoms with Gasteiger partial charge in [-0.1, -0.05) is 103 Å². The van der Waals surface area contributed by atoms with Crippen LogP contribution in [0.15, 0.2) is 140 Å². The zero-order valence-corrected chi connectivity index (χ0v) is 21.7. The highest BCUT2D eigenvalue weighted by Crippen LogP contribution is 2.60. The van der Waals surface area contributed by atoms with Crippen LogP contribution in [0.2, 0.25) is 0 Å². The van der Waals surface area contributed by atoms with Crippen molar-refractivity contribution in [1.29, 1.82) is 0 Å². The van der Waals surface area contributed by atoms with Crippen molar-refractivity contribution >= 4 is 34.1 Å². The molecule has 6 aromatic rings. The van der Waals surface area contributed by atoms with Crippen molar-refractivity contribution in [1.82, 2.24) is 0 Å². The van der Waals surface area contributed by atoms with Crippen molar-refractivity contribution in [2.24, 2.45) is 0 Å². The van der Waals surface area contributed by atoms with Gasteiger partial charge in [0.05, 0.1) is 28.4 Å². The number of para-hydroxylation sites is 3. The highest BCUT2D eigenvalue weighted by atomic mass is 15.3. The summed E-state index contributed by atoms with van der Waals surface area (Å²) in [7, 11) is 0. The summed E-state index contributed by atoms with van der Waals surface area (Å²) in [4.78, 5) is 4.91. The second-order valence-corrected chi connectivity index (χ2v) is 10.3. The monoisotopic (exact) mass is 498 g/mol. The van der Waals surface area contributed by atoms with Crippen molar-refractivity contribution in [2.75, 3.05) is 9.80 Å². The molecule has 184 valence electrons. The minimum atomic E-state index is 1.15. The lowest BCUT2D eigenvalue weighted by molar-refractivity contribution is 1.17. The van der Waals surface area contributed by atoms with Gasteiger partial charge in [0, 0.05) is 16.8 Å². The van der Waals surface area contributed by atoms with E-state index in [1.807, 2.05) is 0 Å². The Labute approximate surface area is 229 Å². The largest absolute Gasteiger partial charge is 0.306 e. The minimum Gasteiger partial charge on any atom is -0.306 e. The maximum absolute atomic E-state index is 2.48. The van der Waals surface area contributed by atoms with Crippen LogP contribution in [0.1, 0.15) is 5.56 Å². The van der Waals surface area contributed by atoms with E-state index in [2.05, 4.69) is 156 Å². The van der Waals surface area contributed by atoms with E-state index in [1.54, 1.807) is 0 Å². The SMILES string of the molecule is Cc1ccc2c(c1)-c1ccccc1-c1cccc3c1N2c1ccccc1N3c1cccc(-c2ccccc2)c1. The summed E-state index contributed by atoms with van der Waals surface area (Å²) < 4.78 is 0. The van der Waals surface area contributed by atoms with Gasteiger partial charge in [-0.2, -0.15) is 0 Å². The zero-order chi connectivity index (χ0) is 25.9. The Morgan fingerprint density at radius 2 is 1.00 bits per heavy atom. The molecule has 2 aliphatic rings. The number of fused-ring (bicyclic) bond motifs is 7. The van der Waals surface area contributed by atoms with Crippen LogP contribution in [0.25, 0.3) is 33.4 Å². The van der Waals surface area contributed by atoms with Crippen LogP contribution in [0, 0.1) is 6.92 Å². The summed E-state index contributed by atoms with van der Waals surface area (Å²) in [6.45, 7) is 2.18. The molecule has 2 nitrogen and oxygen atoms in total. The minimum absolute atomic E-state index is 1.15. The summed E-state index contributed by atoms with van der Waals surface area (Å²) in [6, 6.07) is 50.7. The molecule has 2 heterocycles. The molecule has 0 amide bonds. The molecule has 0 aromatic heterocycles. The molecular formula is C37H26N2. The number of nitrogens with zero attached hydrogens (tertiary/aromatic N) is 2. The highest BCUT2D eigenvalue weighted by molar-refractivity contribution is 6.12. The lowest BCUT2D eigenvalue weighted by Gasteiger charge is -2.41. The summed E-state index contributed by atoms with van der Waals surface area (Å²) in [5, 5.41) is 0. The first kappa shape index (κ1) is 22.0. The van der Waals surface area contributed by atoms with Crippen molar-refractivity contribution < 1.29 is 0 Å². The van der Waals surface area contributed by atoms with Crippen LogP contribution in [0.5, 0.6) is 0 Å². The zero-order valence-electron chi connectivity index (χ0n) is 21.7. The Morgan fingerprint density at radius 1 is 0.385 bits per heavy atom. The van der Waals surface area contributed by atoms with Crippen LogP contribution >= 0.6 is 0 Å². The Balaban J connectivity index is 1.45. The lowest BCUT2D eigenvalue weighted by atomic mass is 9.93. The van der Waals surface area contributed by atoms with E-state index in [0.29, 0.717) is 0 Å². The van der Waals surface area contributed by atoms with Gasteiger partial charge in [-0.3, -0.25) is 0 Å². The van der Waals surface area contributed by atoms with E-state index in [9.17, 15) is 0 Å². The second-order valence-electron chi connectivity index (χ2n) is 10.3. The summed E-state index contributed by atoms with van der Waals surface area (Å²) in [6.07, 6.45) is 0. The molecule has 0 bridgehead atoms. The number of hydrogen-bond acceptors (Lipinski definition) is 2. The maximum Gasteiger partial charge on any atom is 0.0782 e. The molecular weight excluding hydrogens is 472 g/mol. The van der Waals surface area contributed by atoms with Gasteiger partial charge >= 0.3 is 0 Å². The summed E-state index contributed by atoms with van der Waals surface area (Å²) >= 11 is 0. The molecule has 0 unspecified atom stereocenters. The molecule has 0 spiro atoms. The molecule has 39 heavy (non-hydrogen) atoms. The Morgan fingerprint density at radius 3 is 1.82 bits per heavy atom. The number of hydrogen-bond donors (Lipinski definition) is 0. The molecule has 0 saturated heterocycles.